The Kier molecular flexibility index (Phi) is 7.17. The largest absolute Gasteiger partial charge is 0.454 e. The van der Waals surface area contributed by atoms with Crippen LogP contribution in [-0.2, 0) is 0 Å². The minimum atomic E-state index is -0.782. The normalized spacial score (nSPS) is 12.9. The van der Waals surface area contributed by atoms with E-state index in [1.54, 1.807) is 6.07 Å². The van der Waals surface area contributed by atoms with E-state index in [9.17, 15) is 22.8 Å². The maximum atomic E-state index is 14.8. The second kappa shape index (κ2) is 10.9. The van der Waals surface area contributed by atoms with Gasteiger partial charge in [0.25, 0.3) is 5.91 Å². The fourth-order valence-corrected chi connectivity index (χ4v) is 4.04. The number of nitrogens with one attached hydrogen (secondary N) is 3. The van der Waals surface area contributed by atoms with Crippen LogP contribution in [-0.4, -0.2) is 33.8 Å². The number of rotatable bonds is 7. The predicted molar refractivity (Wildman–Crippen MR) is 137 cm³/mol. The molecule has 0 aliphatic heterocycles. The van der Waals surface area contributed by atoms with Gasteiger partial charge >= 0.3 is 6.03 Å². The highest BCUT2D eigenvalue weighted by atomic mass is 19.1. The molecule has 200 valence electrons. The third-order valence-corrected chi connectivity index (χ3v) is 6.19. The van der Waals surface area contributed by atoms with Gasteiger partial charge in [-0.05, 0) is 43.2 Å². The Morgan fingerprint density at radius 3 is 2.41 bits per heavy atom. The summed E-state index contributed by atoms with van der Waals surface area (Å²) in [5.74, 6) is -2.29. The third kappa shape index (κ3) is 5.84. The molecule has 0 saturated heterocycles. The quantitative estimate of drug-likeness (QED) is 0.279. The van der Waals surface area contributed by atoms with Gasteiger partial charge in [0.2, 0.25) is 0 Å². The average molecular weight is 537 g/mol. The average Bonchev–Trinajstić information content (AvgIpc) is 3.26. The van der Waals surface area contributed by atoms with Gasteiger partial charge in [-0.3, -0.25) is 15.1 Å². The molecule has 0 unspecified atom stereocenters. The number of carbonyl (C=O) groups excluding carboxylic acids is 2. The van der Waals surface area contributed by atoms with E-state index in [0.717, 1.165) is 43.5 Å². The van der Waals surface area contributed by atoms with Crippen molar-refractivity contribution >= 4 is 23.4 Å². The van der Waals surface area contributed by atoms with Crippen molar-refractivity contribution in [2.75, 3.05) is 17.7 Å². The van der Waals surface area contributed by atoms with Crippen LogP contribution >= 0.6 is 0 Å². The molecular weight excluding hydrogens is 513 g/mol. The van der Waals surface area contributed by atoms with E-state index in [2.05, 4.69) is 26.0 Å². The number of hydrogen-bond acceptors (Lipinski definition) is 5. The topological polar surface area (TPSA) is 110 Å². The van der Waals surface area contributed by atoms with E-state index in [-0.39, 0.29) is 40.3 Å². The Hall–Kier alpha value is -4.87. The number of ether oxygens (including phenoxy) is 1. The van der Waals surface area contributed by atoms with Gasteiger partial charge in [0.05, 0.1) is 11.4 Å². The van der Waals surface area contributed by atoms with E-state index in [4.69, 9.17) is 4.74 Å². The fourth-order valence-electron chi connectivity index (χ4n) is 4.04. The van der Waals surface area contributed by atoms with Gasteiger partial charge in [-0.25, -0.2) is 22.6 Å². The predicted octanol–water partition coefficient (Wildman–Crippen LogP) is 5.75. The molecule has 39 heavy (non-hydrogen) atoms. The monoisotopic (exact) mass is 536 g/mol. The Labute approximate surface area is 221 Å². The van der Waals surface area contributed by atoms with Gasteiger partial charge in [0.1, 0.15) is 28.9 Å². The summed E-state index contributed by atoms with van der Waals surface area (Å²) in [5.41, 5.74) is 1.03. The summed E-state index contributed by atoms with van der Waals surface area (Å²) in [6, 6.07) is 10.6. The molecule has 1 saturated carbocycles. The molecule has 1 aliphatic carbocycles. The first-order valence-electron chi connectivity index (χ1n) is 12.1. The molecular formula is C27H23F3N6O3. The Bertz CT molecular complexity index is 1530. The molecule has 12 heteroatoms. The SMILES string of the molecule is CNC(=O)c1cc(Oc2ccc(NC(=O)Nc3cc(C4CCC4)nn3-c3cc(F)cc(F)c3)cc2F)ccn1. The molecule has 0 atom stereocenters. The maximum absolute atomic E-state index is 14.8. The van der Waals surface area contributed by atoms with Gasteiger partial charge in [0, 0.05) is 49.1 Å². The summed E-state index contributed by atoms with van der Waals surface area (Å²) < 4.78 is 49.3. The number of anilines is 2. The summed E-state index contributed by atoms with van der Waals surface area (Å²) in [6.07, 6.45) is 4.27. The van der Waals surface area contributed by atoms with Crippen molar-refractivity contribution in [3.8, 4) is 17.2 Å². The molecule has 2 aromatic heterocycles. The summed E-state index contributed by atoms with van der Waals surface area (Å²) >= 11 is 0. The van der Waals surface area contributed by atoms with E-state index < -0.39 is 29.4 Å². The highest BCUT2D eigenvalue weighted by Crippen LogP contribution is 2.37. The van der Waals surface area contributed by atoms with E-state index in [1.165, 1.54) is 42.2 Å². The van der Waals surface area contributed by atoms with Crippen LogP contribution in [0.3, 0.4) is 0 Å². The summed E-state index contributed by atoms with van der Waals surface area (Å²) in [6.45, 7) is 0. The fraction of sp³-hybridized carbons (Fsp3) is 0.185. The number of nitrogens with zero attached hydrogens (tertiary/aromatic N) is 3. The molecule has 0 spiro atoms. The Morgan fingerprint density at radius 2 is 1.74 bits per heavy atom. The lowest BCUT2D eigenvalue weighted by atomic mass is 9.83. The number of hydrogen-bond donors (Lipinski definition) is 3. The zero-order chi connectivity index (χ0) is 27.5. The van der Waals surface area contributed by atoms with E-state index >= 15 is 0 Å². The molecule has 1 fully saturated rings. The minimum absolute atomic E-state index is 0.103. The van der Waals surface area contributed by atoms with Crippen LogP contribution < -0.4 is 20.7 Å². The minimum Gasteiger partial charge on any atom is -0.454 e. The van der Waals surface area contributed by atoms with Crippen molar-refractivity contribution in [1.29, 1.82) is 0 Å². The maximum Gasteiger partial charge on any atom is 0.324 e. The van der Waals surface area contributed by atoms with Crippen LogP contribution in [0.4, 0.5) is 29.5 Å². The molecule has 3 amide bonds. The van der Waals surface area contributed by atoms with Crippen molar-refractivity contribution in [2.45, 2.75) is 25.2 Å². The van der Waals surface area contributed by atoms with Crippen LogP contribution in [0.2, 0.25) is 0 Å². The van der Waals surface area contributed by atoms with Crippen molar-refractivity contribution in [3.63, 3.8) is 0 Å². The first-order chi connectivity index (χ1) is 18.8. The molecule has 2 aromatic carbocycles. The lowest BCUT2D eigenvalue weighted by Crippen LogP contribution is -2.21. The first-order valence-corrected chi connectivity index (χ1v) is 12.1. The third-order valence-electron chi connectivity index (χ3n) is 6.19. The van der Waals surface area contributed by atoms with Crippen molar-refractivity contribution in [1.82, 2.24) is 20.1 Å². The Morgan fingerprint density at radius 1 is 0.974 bits per heavy atom. The first kappa shape index (κ1) is 25.8. The van der Waals surface area contributed by atoms with E-state index in [0.29, 0.717) is 5.69 Å². The van der Waals surface area contributed by atoms with Crippen LogP contribution in [0.5, 0.6) is 11.5 Å². The van der Waals surface area contributed by atoms with Gasteiger partial charge < -0.3 is 15.4 Å². The number of pyridine rings is 1. The molecule has 3 N–H and O–H groups in total. The number of amides is 3. The van der Waals surface area contributed by atoms with Crippen molar-refractivity contribution in [3.05, 3.63) is 89.6 Å². The Balaban J connectivity index is 1.31. The van der Waals surface area contributed by atoms with Crippen LogP contribution in [0.25, 0.3) is 5.69 Å². The molecule has 9 nitrogen and oxygen atoms in total. The number of benzene rings is 2. The lowest BCUT2D eigenvalue weighted by Gasteiger charge is -2.22. The van der Waals surface area contributed by atoms with Crippen LogP contribution in [0.15, 0.2) is 60.8 Å². The summed E-state index contributed by atoms with van der Waals surface area (Å²) in [7, 11) is 1.46. The van der Waals surface area contributed by atoms with Crippen molar-refractivity contribution < 1.29 is 27.5 Å². The number of carbonyl (C=O) groups is 2. The lowest BCUT2D eigenvalue weighted by molar-refractivity contribution is 0.0957. The highest BCUT2D eigenvalue weighted by Gasteiger charge is 2.25. The van der Waals surface area contributed by atoms with Gasteiger partial charge in [0.15, 0.2) is 11.6 Å². The van der Waals surface area contributed by atoms with Crippen molar-refractivity contribution in [2.24, 2.45) is 0 Å². The number of urea groups is 1. The molecule has 4 aromatic rings. The van der Waals surface area contributed by atoms with Gasteiger partial charge in [-0.1, -0.05) is 6.42 Å². The van der Waals surface area contributed by atoms with E-state index in [1.807, 2.05) is 0 Å². The molecule has 2 heterocycles. The second-order valence-corrected chi connectivity index (χ2v) is 8.90. The number of aromatic nitrogens is 3. The second-order valence-electron chi connectivity index (χ2n) is 8.90. The van der Waals surface area contributed by atoms with Gasteiger partial charge in [-0.2, -0.15) is 5.10 Å². The summed E-state index contributed by atoms with van der Waals surface area (Å²) in [4.78, 5) is 28.5. The van der Waals surface area contributed by atoms with Crippen LogP contribution in [0.1, 0.15) is 41.4 Å². The van der Waals surface area contributed by atoms with Gasteiger partial charge in [-0.15, -0.1) is 0 Å². The smallest absolute Gasteiger partial charge is 0.324 e. The molecule has 5 rings (SSSR count). The molecule has 1 aliphatic rings. The standard InChI is InChI=1S/C27H23F3N6O3/c1-31-26(37)23-13-20(7-8-32-23)39-24-6-5-18(12-21(24)30)33-27(38)34-25-14-22(15-3-2-4-15)35-36(25)19-10-16(28)9-17(29)11-19/h5-15H,2-4H2,1H3,(H,31,37)(H2,33,34,38). The zero-order valence-corrected chi connectivity index (χ0v) is 20.7. The zero-order valence-electron chi connectivity index (χ0n) is 20.7. The summed E-state index contributed by atoms with van der Waals surface area (Å²) in [5, 5.41) is 12.1. The molecule has 0 bridgehead atoms. The highest BCUT2D eigenvalue weighted by molar-refractivity contribution is 5.99. The van der Waals surface area contributed by atoms with Crippen LogP contribution in [0, 0.1) is 17.5 Å². The molecule has 0 radical (unpaired) electrons. The number of halogens is 3.